The van der Waals surface area contributed by atoms with Gasteiger partial charge in [-0.05, 0) is 12.1 Å². The van der Waals surface area contributed by atoms with Crippen molar-refractivity contribution in [2.75, 3.05) is 11.5 Å². The molecule has 1 aromatic heterocycles. The van der Waals surface area contributed by atoms with Crippen molar-refractivity contribution < 1.29 is 9.13 Å². The molecule has 2 aromatic rings. The number of nitrogen functional groups attached to an aromatic ring is 2. The summed E-state index contributed by atoms with van der Waals surface area (Å²) >= 11 is 0. The number of hydrogen-bond donors (Lipinski definition) is 2. The quantitative estimate of drug-likeness (QED) is 0.802. The summed E-state index contributed by atoms with van der Waals surface area (Å²) in [5.41, 5.74) is 10.8. The molecule has 1 aromatic carbocycles. The van der Waals surface area contributed by atoms with Crippen molar-refractivity contribution in [3.05, 3.63) is 36.1 Å². The zero-order valence-electron chi connectivity index (χ0n) is 8.22. The number of para-hydroxylation sites is 1. The lowest BCUT2D eigenvalue weighted by molar-refractivity contribution is 0.427. The maximum Gasteiger partial charge on any atom is 0.226 e. The highest BCUT2D eigenvalue weighted by molar-refractivity contribution is 5.40. The van der Waals surface area contributed by atoms with Crippen molar-refractivity contribution in [1.29, 1.82) is 0 Å². The molecule has 5 nitrogen and oxygen atoms in total. The van der Waals surface area contributed by atoms with Gasteiger partial charge < -0.3 is 16.2 Å². The van der Waals surface area contributed by atoms with Gasteiger partial charge in [-0.25, -0.2) is 4.39 Å². The van der Waals surface area contributed by atoms with E-state index in [9.17, 15) is 4.39 Å². The third-order valence-electron chi connectivity index (χ3n) is 1.79. The lowest BCUT2D eigenvalue weighted by Crippen LogP contribution is -2.01. The maximum atomic E-state index is 13.2. The summed E-state index contributed by atoms with van der Waals surface area (Å²) < 4.78 is 18.4. The second-order valence-electron chi connectivity index (χ2n) is 3.02. The zero-order valence-corrected chi connectivity index (χ0v) is 8.22. The molecule has 0 saturated carbocycles. The molecule has 4 N–H and O–H groups in total. The Balaban J connectivity index is 2.30. The predicted octanol–water partition coefficient (Wildman–Crippen LogP) is 1.57. The van der Waals surface area contributed by atoms with E-state index in [-0.39, 0.29) is 23.4 Å². The Labute approximate surface area is 90.9 Å². The summed E-state index contributed by atoms with van der Waals surface area (Å²) in [7, 11) is 0. The molecule has 16 heavy (non-hydrogen) atoms. The number of benzene rings is 1. The average molecular weight is 220 g/mol. The Morgan fingerprint density at radius 3 is 2.56 bits per heavy atom. The van der Waals surface area contributed by atoms with Crippen molar-refractivity contribution in [2.45, 2.75) is 0 Å². The minimum Gasteiger partial charge on any atom is -0.436 e. The standard InChI is InChI=1S/C10H9FN4O/c11-6-3-1-2-4-7(6)16-9-5-8(12)14-10(13)15-9/h1-5H,(H4,12,13,14,15). The lowest BCUT2D eigenvalue weighted by atomic mass is 10.3. The molecule has 0 aliphatic rings. The molecule has 0 spiro atoms. The molecule has 0 saturated heterocycles. The molecular weight excluding hydrogens is 211 g/mol. The Bertz CT molecular complexity index is 498. The fourth-order valence-electron chi connectivity index (χ4n) is 1.15. The van der Waals surface area contributed by atoms with Crippen molar-refractivity contribution in [3.63, 3.8) is 0 Å². The molecule has 0 atom stereocenters. The van der Waals surface area contributed by atoms with Gasteiger partial charge in [0.15, 0.2) is 11.6 Å². The number of nitrogens with two attached hydrogens (primary N) is 2. The number of anilines is 2. The number of halogens is 1. The van der Waals surface area contributed by atoms with Gasteiger partial charge in [-0.3, -0.25) is 0 Å². The smallest absolute Gasteiger partial charge is 0.226 e. The van der Waals surface area contributed by atoms with Gasteiger partial charge in [0.25, 0.3) is 0 Å². The highest BCUT2D eigenvalue weighted by Gasteiger charge is 2.06. The zero-order chi connectivity index (χ0) is 11.5. The highest BCUT2D eigenvalue weighted by atomic mass is 19.1. The first kappa shape index (κ1) is 10.2. The summed E-state index contributed by atoms with van der Waals surface area (Å²) in [4.78, 5) is 7.44. The van der Waals surface area contributed by atoms with E-state index in [4.69, 9.17) is 16.2 Å². The lowest BCUT2D eigenvalue weighted by Gasteiger charge is -2.06. The third-order valence-corrected chi connectivity index (χ3v) is 1.79. The maximum absolute atomic E-state index is 13.2. The topological polar surface area (TPSA) is 87.0 Å². The van der Waals surface area contributed by atoms with Crippen LogP contribution in [-0.4, -0.2) is 9.97 Å². The van der Waals surface area contributed by atoms with Crippen molar-refractivity contribution >= 4 is 11.8 Å². The second-order valence-corrected chi connectivity index (χ2v) is 3.02. The summed E-state index contributed by atoms with van der Waals surface area (Å²) in [5.74, 6) is -0.182. The molecule has 6 heteroatoms. The van der Waals surface area contributed by atoms with Crippen molar-refractivity contribution in [3.8, 4) is 11.6 Å². The summed E-state index contributed by atoms with van der Waals surface area (Å²) in [6.45, 7) is 0. The normalized spacial score (nSPS) is 10.1. The molecule has 0 fully saturated rings. The number of nitrogens with zero attached hydrogens (tertiary/aromatic N) is 2. The van der Waals surface area contributed by atoms with E-state index < -0.39 is 5.82 Å². The van der Waals surface area contributed by atoms with Crippen LogP contribution in [0.25, 0.3) is 0 Å². The van der Waals surface area contributed by atoms with Gasteiger partial charge in [0.2, 0.25) is 11.8 Å². The monoisotopic (exact) mass is 220 g/mol. The number of aromatic nitrogens is 2. The van der Waals surface area contributed by atoms with Crippen LogP contribution < -0.4 is 16.2 Å². The van der Waals surface area contributed by atoms with E-state index in [0.717, 1.165) is 0 Å². The molecule has 0 aliphatic carbocycles. The van der Waals surface area contributed by atoms with Crippen LogP contribution in [-0.2, 0) is 0 Å². The van der Waals surface area contributed by atoms with Gasteiger partial charge in [-0.15, -0.1) is 0 Å². The number of hydrogen-bond acceptors (Lipinski definition) is 5. The van der Waals surface area contributed by atoms with Crippen LogP contribution in [0.3, 0.4) is 0 Å². The fraction of sp³-hybridized carbons (Fsp3) is 0. The Hall–Kier alpha value is -2.37. The van der Waals surface area contributed by atoms with Gasteiger partial charge in [0, 0.05) is 6.07 Å². The number of rotatable bonds is 2. The average Bonchev–Trinajstić information content (AvgIpc) is 2.20. The van der Waals surface area contributed by atoms with Crippen LogP contribution >= 0.6 is 0 Å². The molecule has 0 bridgehead atoms. The van der Waals surface area contributed by atoms with Gasteiger partial charge in [0.1, 0.15) is 5.82 Å². The van der Waals surface area contributed by atoms with E-state index in [1.165, 1.54) is 18.2 Å². The first-order valence-electron chi connectivity index (χ1n) is 4.47. The molecule has 0 amide bonds. The molecule has 82 valence electrons. The molecule has 0 aliphatic heterocycles. The third kappa shape index (κ3) is 2.17. The van der Waals surface area contributed by atoms with Gasteiger partial charge in [-0.1, -0.05) is 12.1 Å². The van der Waals surface area contributed by atoms with Gasteiger partial charge in [0.05, 0.1) is 0 Å². The van der Waals surface area contributed by atoms with Gasteiger partial charge >= 0.3 is 0 Å². The molecule has 0 radical (unpaired) electrons. The van der Waals surface area contributed by atoms with Gasteiger partial charge in [-0.2, -0.15) is 9.97 Å². The minimum absolute atomic E-state index is 0.0219. The minimum atomic E-state index is -0.488. The van der Waals surface area contributed by atoms with E-state index >= 15 is 0 Å². The van der Waals surface area contributed by atoms with E-state index in [1.807, 2.05) is 0 Å². The fourth-order valence-corrected chi connectivity index (χ4v) is 1.15. The predicted molar refractivity (Wildman–Crippen MR) is 57.3 cm³/mol. The van der Waals surface area contributed by atoms with Crippen molar-refractivity contribution in [1.82, 2.24) is 9.97 Å². The van der Waals surface area contributed by atoms with E-state index in [1.54, 1.807) is 12.1 Å². The highest BCUT2D eigenvalue weighted by Crippen LogP contribution is 2.23. The molecule has 2 rings (SSSR count). The van der Waals surface area contributed by atoms with Crippen LogP contribution in [0.2, 0.25) is 0 Å². The largest absolute Gasteiger partial charge is 0.436 e. The van der Waals surface area contributed by atoms with E-state index in [2.05, 4.69) is 9.97 Å². The summed E-state index contributed by atoms with van der Waals surface area (Å²) in [6, 6.07) is 7.33. The van der Waals surface area contributed by atoms with Crippen LogP contribution in [0, 0.1) is 5.82 Å². The SMILES string of the molecule is Nc1cc(Oc2ccccc2F)nc(N)n1. The Morgan fingerprint density at radius 2 is 1.88 bits per heavy atom. The number of ether oxygens (including phenoxy) is 1. The van der Waals surface area contributed by atoms with Crippen LogP contribution in [0.15, 0.2) is 30.3 Å². The van der Waals surface area contributed by atoms with Crippen LogP contribution in [0.5, 0.6) is 11.6 Å². The first-order chi connectivity index (χ1) is 7.65. The first-order valence-corrected chi connectivity index (χ1v) is 4.47. The summed E-state index contributed by atoms with van der Waals surface area (Å²) in [6.07, 6.45) is 0. The second kappa shape index (κ2) is 4.01. The van der Waals surface area contributed by atoms with E-state index in [0.29, 0.717) is 0 Å². The molecular formula is C10H9FN4O. The summed E-state index contributed by atoms with van der Waals surface area (Å²) in [5, 5.41) is 0. The molecule has 1 heterocycles. The Morgan fingerprint density at radius 1 is 1.12 bits per heavy atom. The van der Waals surface area contributed by atoms with Crippen LogP contribution in [0.1, 0.15) is 0 Å². The van der Waals surface area contributed by atoms with Crippen molar-refractivity contribution in [2.24, 2.45) is 0 Å². The molecule has 0 unspecified atom stereocenters. The Kier molecular flexibility index (Phi) is 2.55. The van der Waals surface area contributed by atoms with Crippen LogP contribution in [0.4, 0.5) is 16.2 Å².